The number of hydrogen-bond acceptors (Lipinski definition) is 5. The molecule has 0 saturated carbocycles. The van der Waals surface area contributed by atoms with E-state index >= 15 is 0 Å². The molecule has 0 aliphatic carbocycles. The molecule has 0 unspecified atom stereocenters. The third-order valence-electron chi connectivity index (χ3n) is 3.32. The zero-order valence-electron chi connectivity index (χ0n) is 14.2. The Bertz CT molecular complexity index is 630. The Morgan fingerprint density at radius 2 is 2.04 bits per heavy atom. The van der Waals surface area contributed by atoms with Crippen molar-refractivity contribution in [1.82, 2.24) is 4.90 Å². The van der Waals surface area contributed by atoms with Gasteiger partial charge in [0.1, 0.15) is 23.6 Å². The number of ether oxygens (including phenoxy) is 2. The standard InChI is InChI=1S/C17H23NO5/c1-16(2,3)23-14(20)10-18-9-11-6-7-12(19)8-13(11)22-17(4,5)15(18)21/h6-8,19H,9-10H2,1-5H3. The zero-order valence-corrected chi connectivity index (χ0v) is 14.2. The molecule has 1 aromatic rings. The maximum absolute atomic E-state index is 12.7. The van der Waals surface area contributed by atoms with Gasteiger partial charge >= 0.3 is 5.97 Å². The van der Waals surface area contributed by atoms with Crippen LogP contribution in [0.25, 0.3) is 0 Å². The summed E-state index contributed by atoms with van der Waals surface area (Å²) in [7, 11) is 0. The van der Waals surface area contributed by atoms with Gasteiger partial charge in [0.15, 0.2) is 5.60 Å². The molecule has 1 aliphatic rings. The summed E-state index contributed by atoms with van der Waals surface area (Å²) >= 11 is 0. The molecule has 0 bridgehead atoms. The summed E-state index contributed by atoms with van der Waals surface area (Å²) in [6.45, 7) is 8.67. The number of phenolic OH excluding ortho intramolecular Hbond substituents is 1. The van der Waals surface area contributed by atoms with Crippen molar-refractivity contribution < 1.29 is 24.2 Å². The molecule has 0 atom stereocenters. The molecule has 23 heavy (non-hydrogen) atoms. The van der Waals surface area contributed by atoms with E-state index in [1.54, 1.807) is 40.7 Å². The average molecular weight is 321 g/mol. The van der Waals surface area contributed by atoms with E-state index in [0.717, 1.165) is 5.56 Å². The minimum absolute atomic E-state index is 0.0626. The number of esters is 1. The van der Waals surface area contributed by atoms with Crippen LogP contribution in [0.4, 0.5) is 0 Å². The van der Waals surface area contributed by atoms with Crippen molar-refractivity contribution in [2.75, 3.05) is 6.54 Å². The SMILES string of the molecule is CC(C)(C)OC(=O)CN1Cc2ccc(O)cc2OC(C)(C)C1=O. The van der Waals surface area contributed by atoms with Crippen molar-refractivity contribution in [2.24, 2.45) is 0 Å². The number of fused-ring (bicyclic) bond motifs is 1. The van der Waals surface area contributed by atoms with Crippen LogP contribution in [0.5, 0.6) is 11.5 Å². The summed E-state index contributed by atoms with van der Waals surface area (Å²) in [6.07, 6.45) is 0. The number of carbonyl (C=O) groups excluding carboxylic acids is 2. The van der Waals surface area contributed by atoms with Gasteiger partial charge < -0.3 is 19.5 Å². The number of carbonyl (C=O) groups is 2. The zero-order chi connectivity index (χ0) is 17.4. The van der Waals surface area contributed by atoms with E-state index in [0.29, 0.717) is 5.75 Å². The first-order valence-corrected chi connectivity index (χ1v) is 7.50. The fourth-order valence-corrected chi connectivity index (χ4v) is 2.40. The number of benzene rings is 1. The van der Waals surface area contributed by atoms with Crippen LogP contribution in [0.1, 0.15) is 40.2 Å². The normalized spacial score (nSPS) is 17.1. The molecule has 126 valence electrons. The number of aromatic hydroxyl groups is 1. The number of phenols is 1. The third kappa shape index (κ3) is 4.15. The molecule has 0 radical (unpaired) electrons. The summed E-state index contributed by atoms with van der Waals surface area (Å²) in [5.41, 5.74) is -1.02. The fraction of sp³-hybridized carbons (Fsp3) is 0.529. The van der Waals surface area contributed by atoms with Crippen LogP contribution in [0, 0.1) is 0 Å². The van der Waals surface area contributed by atoms with Crippen LogP contribution in [0.2, 0.25) is 0 Å². The van der Waals surface area contributed by atoms with Gasteiger partial charge in [0.05, 0.1) is 6.54 Å². The van der Waals surface area contributed by atoms with Gasteiger partial charge in [-0.2, -0.15) is 0 Å². The molecule has 0 aromatic heterocycles. The molecule has 0 saturated heterocycles. The van der Waals surface area contributed by atoms with Crippen molar-refractivity contribution in [1.29, 1.82) is 0 Å². The number of rotatable bonds is 2. The van der Waals surface area contributed by atoms with E-state index in [1.165, 1.54) is 17.0 Å². The minimum Gasteiger partial charge on any atom is -0.508 e. The summed E-state index contributed by atoms with van der Waals surface area (Å²) in [5, 5.41) is 9.60. The molecule has 1 aromatic carbocycles. The molecule has 0 fully saturated rings. The first-order valence-electron chi connectivity index (χ1n) is 7.50. The summed E-state index contributed by atoms with van der Waals surface area (Å²) in [5.74, 6) is -0.273. The monoisotopic (exact) mass is 321 g/mol. The highest BCUT2D eigenvalue weighted by Crippen LogP contribution is 2.32. The van der Waals surface area contributed by atoms with E-state index in [1.807, 2.05) is 0 Å². The van der Waals surface area contributed by atoms with Gasteiger partial charge in [-0.25, -0.2) is 0 Å². The van der Waals surface area contributed by atoms with Gasteiger partial charge in [-0.05, 0) is 46.8 Å². The van der Waals surface area contributed by atoms with Gasteiger partial charge in [0, 0.05) is 11.6 Å². The average Bonchev–Trinajstić information content (AvgIpc) is 2.44. The number of amides is 1. The molecule has 0 spiro atoms. The predicted octanol–water partition coefficient (Wildman–Crippen LogP) is 2.23. The molecule has 6 nitrogen and oxygen atoms in total. The van der Waals surface area contributed by atoms with Crippen molar-refractivity contribution in [2.45, 2.75) is 52.4 Å². The molecule has 1 N–H and O–H groups in total. The highest BCUT2D eigenvalue weighted by Gasteiger charge is 2.39. The summed E-state index contributed by atoms with van der Waals surface area (Å²) in [4.78, 5) is 26.1. The number of nitrogens with zero attached hydrogens (tertiary/aromatic N) is 1. The van der Waals surface area contributed by atoms with Gasteiger partial charge in [-0.15, -0.1) is 0 Å². The Morgan fingerprint density at radius 1 is 1.39 bits per heavy atom. The Kier molecular flexibility index (Phi) is 4.28. The molecule has 1 amide bonds. The predicted molar refractivity (Wildman–Crippen MR) is 84.1 cm³/mol. The molecular weight excluding hydrogens is 298 g/mol. The molecular formula is C17H23NO5. The van der Waals surface area contributed by atoms with Crippen LogP contribution in [-0.2, 0) is 20.9 Å². The molecule has 1 heterocycles. The van der Waals surface area contributed by atoms with Gasteiger partial charge in [0.25, 0.3) is 5.91 Å². The van der Waals surface area contributed by atoms with E-state index in [9.17, 15) is 14.7 Å². The van der Waals surface area contributed by atoms with Crippen LogP contribution in [0.3, 0.4) is 0 Å². The second kappa shape index (κ2) is 5.76. The lowest BCUT2D eigenvalue weighted by atomic mass is 10.1. The van der Waals surface area contributed by atoms with E-state index < -0.39 is 17.2 Å². The second-order valence-corrected chi connectivity index (χ2v) is 7.15. The van der Waals surface area contributed by atoms with Crippen molar-refractivity contribution in [3.8, 4) is 11.5 Å². The Morgan fingerprint density at radius 3 is 2.65 bits per heavy atom. The van der Waals surface area contributed by atoms with E-state index in [-0.39, 0.29) is 24.7 Å². The maximum Gasteiger partial charge on any atom is 0.326 e. The highest BCUT2D eigenvalue weighted by atomic mass is 16.6. The third-order valence-corrected chi connectivity index (χ3v) is 3.32. The van der Waals surface area contributed by atoms with Gasteiger partial charge in [0.2, 0.25) is 0 Å². The second-order valence-electron chi connectivity index (χ2n) is 7.15. The van der Waals surface area contributed by atoms with Crippen molar-refractivity contribution in [3.63, 3.8) is 0 Å². The summed E-state index contributed by atoms with van der Waals surface area (Å²) in [6, 6.07) is 4.68. The number of hydrogen-bond donors (Lipinski definition) is 1. The lowest BCUT2D eigenvalue weighted by molar-refractivity contribution is -0.161. The fourth-order valence-electron chi connectivity index (χ4n) is 2.40. The van der Waals surface area contributed by atoms with Crippen LogP contribution in [0.15, 0.2) is 18.2 Å². The largest absolute Gasteiger partial charge is 0.508 e. The molecule has 6 heteroatoms. The van der Waals surface area contributed by atoms with Gasteiger partial charge in [-0.1, -0.05) is 0 Å². The van der Waals surface area contributed by atoms with Crippen LogP contribution < -0.4 is 4.74 Å². The lowest BCUT2D eigenvalue weighted by Gasteiger charge is -2.29. The topological polar surface area (TPSA) is 76.1 Å². The first kappa shape index (κ1) is 17.1. The van der Waals surface area contributed by atoms with Crippen LogP contribution in [-0.4, -0.2) is 39.6 Å². The molecule has 2 rings (SSSR count). The Balaban J connectivity index is 2.27. The minimum atomic E-state index is -1.14. The molecule has 1 aliphatic heterocycles. The Labute approximate surface area is 136 Å². The quantitative estimate of drug-likeness (QED) is 0.845. The van der Waals surface area contributed by atoms with E-state index in [4.69, 9.17) is 9.47 Å². The van der Waals surface area contributed by atoms with Crippen molar-refractivity contribution >= 4 is 11.9 Å². The maximum atomic E-state index is 12.7. The van der Waals surface area contributed by atoms with Crippen LogP contribution >= 0.6 is 0 Å². The first-order chi connectivity index (χ1) is 10.5. The van der Waals surface area contributed by atoms with Gasteiger partial charge in [-0.3, -0.25) is 9.59 Å². The summed E-state index contributed by atoms with van der Waals surface area (Å²) < 4.78 is 11.0. The highest BCUT2D eigenvalue weighted by molar-refractivity contribution is 5.88. The smallest absolute Gasteiger partial charge is 0.326 e. The Hall–Kier alpha value is -2.24. The van der Waals surface area contributed by atoms with Crippen molar-refractivity contribution in [3.05, 3.63) is 23.8 Å². The van der Waals surface area contributed by atoms with E-state index in [2.05, 4.69) is 0 Å². The lowest BCUT2D eigenvalue weighted by Crippen LogP contribution is -2.49.